The molecule has 5 heteroatoms. The van der Waals surface area contributed by atoms with Gasteiger partial charge >= 0.3 is 0 Å². The monoisotopic (exact) mass is 311 g/mol. The molecule has 4 rings (SSSR count). The second-order valence-electron chi connectivity index (χ2n) is 6.57. The Morgan fingerprint density at radius 1 is 1.26 bits per heavy atom. The molecule has 2 aromatic rings. The Balaban J connectivity index is 1.30. The molecule has 1 aliphatic heterocycles. The Labute approximate surface area is 135 Å². The van der Waals surface area contributed by atoms with Crippen LogP contribution in [-0.4, -0.2) is 35.1 Å². The fourth-order valence-electron chi connectivity index (χ4n) is 3.15. The van der Waals surface area contributed by atoms with E-state index in [1.807, 2.05) is 6.07 Å². The molecule has 1 amide bonds. The van der Waals surface area contributed by atoms with Crippen molar-refractivity contribution in [2.24, 2.45) is 0 Å². The first-order valence-electron chi connectivity index (χ1n) is 8.32. The molecular weight excluding hydrogens is 290 g/mol. The van der Waals surface area contributed by atoms with E-state index >= 15 is 0 Å². The average molecular weight is 311 g/mol. The molecule has 1 atom stereocenters. The summed E-state index contributed by atoms with van der Waals surface area (Å²) in [6, 6.07) is 12.4. The van der Waals surface area contributed by atoms with Crippen molar-refractivity contribution in [3.05, 3.63) is 53.4 Å². The van der Waals surface area contributed by atoms with Crippen molar-refractivity contribution >= 4 is 5.91 Å². The lowest BCUT2D eigenvalue weighted by molar-refractivity contribution is 0.0928. The third-order valence-corrected chi connectivity index (χ3v) is 4.60. The molecule has 1 saturated heterocycles. The van der Waals surface area contributed by atoms with Crippen LogP contribution in [0.2, 0.25) is 0 Å². The average Bonchev–Trinajstić information content (AvgIpc) is 3.13. The van der Waals surface area contributed by atoms with Crippen LogP contribution in [0.3, 0.4) is 0 Å². The highest BCUT2D eigenvalue weighted by Crippen LogP contribution is 2.40. The summed E-state index contributed by atoms with van der Waals surface area (Å²) in [5.41, 5.74) is 1.72. The van der Waals surface area contributed by atoms with Crippen LogP contribution >= 0.6 is 0 Å². The van der Waals surface area contributed by atoms with Crippen LogP contribution in [0.5, 0.6) is 0 Å². The SMILES string of the molecule is O=C(NC1CCN(Cc2ccccc2)C1)c1cc(C2CC2)on1. The van der Waals surface area contributed by atoms with Crippen molar-refractivity contribution in [3.8, 4) is 0 Å². The maximum Gasteiger partial charge on any atom is 0.273 e. The summed E-state index contributed by atoms with van der Waals surface area (Å²) in [7, 11) is 0. The molecule has 2 fully saturated rings. The number of hydrogen-bond acceptors (Lipinski definition) is 4. The van der Waals surface area contributed by atoms with Gasteiger partial charge in [0, 0.05) is 37.7 Å². The zero-order valence-electron chi connectivity index (χ0n) is 13.1. The maximum atomic E-state index is 12.3. The molecule has 0 bridgehead atoms. The van der Waals surface area contributed by atoms with Crippen molar-refractivity contribution in [3.63, 3.8) is 0 Å². The van der Waals surface area contributed by atoms with E-state index in [-0.39, 0.29) is 11.9 Å². The minimum Gasteiger partial charge on any atom is -0.360 e. The minimum atomic E-state index is -0.118. The van der Waals surface area contributed by atoms with Gasteiger partial charge in [0.15, 0.2) is 5.69 Å². The molecule has 1 N–H and O–H groups in total. The first kappa shape index (κ1) is 14.5. The number of carbonyl (C=O) groups is 1. The van der Waals surface area contributed by atoms with Crippen molar-refractivity contribution < 1.29 is 9.32 Å². The first-order valence-corrected chi connectivity index (χ1v) is 8.32. The fraction of sp³-hybridized carbons (Fsp3) is 0.444. The molecule has 0 radical (unpaired) electrons. The molecule has 120 valence electrons. The van der Waals surface area contributed by atoms with Crippen LogP contribution in [0.15, 0.2) is 40.9 Å². The number of rotatable bonds is 5. The van der Waals surface area contributed by atoms with Crippen LogP contribution in [0.1, 0.15) is 47.0 Å². The van der Waals surface area contributed by atoms with Gasteiger partial charge in [-0.15, -0.1) is 0 Å². The Morgan fingerprint density at radius 3 is 2.87 bits per heavy atom. The maximum absolute atomic E-state index is 12.3. The van der Waals surface area contributed by atoms with Crippen molar-refractivity contribution in [1.82, 2.24) is 15.4 Å². The van der Waals surface area contributed by atoms with Crippen LogP contribution in [0.25, 0.3) is 0 Å². The van der Waals surface area contributed by atoms with Gasteiger partial charge in [-0.3, -0.25) is 9.69 Å². The summed E-state index contributed by atoms with van der Waals surface area (Å²) < 4.78 is 5.25. The van der Waals surface area contributed by atoms with E-state index in [0.29, 0.717) is 11.6 Å². The highest BCUT2D eigenvalue weighted by molar-refractivity contribution is 5.92. The lowest BCUT2D eigenvalue weighted by Crippen LogP contribution is -2.37. The molecule has 0 spiro atoms. The molecule has 1 aliphatic carbocycles. The van der Waals surface area contributed by atoms with Gasteiger partial charge in [0.2, 0.25) is 0 Å². The zero-order chi connectivity index (χ0) is 15.6. The van der Waals surface area contributed by atoms with Gasteiger partial charge in [0.05, 0.1) is 0 Å². The van der Waals surface area contributed by atoms with Crippen molar-refractivity contribution in [1.29, 1.82) is 0 Å². The van der Waals surface area contributed by atoms with Crippen LogP contribution in [-0.2, 0) is 6.54 Å². The molecule has 2 aliphatic rings. The number of benzene rings is 1. The van der Waals surface area contributed by atoms with E-state index in [2.05, 4.69) is 39.6 Å². The summed E-state index contributed by atoms with van der Waals surface area (Å²) in [5.74, 6) is 1.22. The van der Waals surface area contributed by atoms with Crippen LogP contribution in [0, 0.1) is 0 Å². The molecule has 2 heterocycles. The molecule has 1 aromatic heterocycles. The normalized spacial score (nSPS) is 21.5. The van der Waals surface area contributed by atoms with Gasteiger partial charge in [-0.25, -0.2) is 0 Å². The van der Waals surface area contributed by atoms with Gasteiger partial charge < -0.3 is 9.84 Å². The highest BCUT2D eigenvalue weighted by Gasteiger charge is 2.30. The summed E-state index contributed by atoms with van der Waals surface area (Å²) in [4.78, 5) is 14.6. The Hall–Kier alpha value is -2.14. The predicted molar refractivity (Wildman–Crippen MR) is 86.1 cm³/mol. The smallest absolute Gasteiger partial charge is 0.273 e. The molecule has 5 nitrogen and oxygen atoms in total. The third kappa shape index (κ3) is 3.45. The first-order chi connectivity index (χ1) is 11.3. The number of likely N-dealkylation sites (tertiary alicyclic amines) is 1. The second-order valence-corrected chi connectivity index (χ2v) is 6.57. The lowest BCUT2D eigenvalue weighted by atomic mass is 10.2. The topological polar surface area (TPSA) is 58.4 Å². The zero-order valence-corrected chi connectivity index (χ0v) is 13.1. The van der Waals surface area contributed by atoms with E-state index in [0.717, 1.165) is 44.7 Å². The van der Waals surface area contributed by atoms with E-state index < -0.39 is 0 Å². The third-order valence-electron chi connectivity index (χ3n) is 4.60. The van der Waals surface area contributed by atoms with Crippen LogP contribution < -0.4 is 5.32 Å². The minimum absolute atomic E-state index is 0.118. The van der Waals surface area contributed by atoms with E-state index in [1.165, 1.54) is 5.56 Å². The standard InChI is InChI=1S/C18H21N3O2/c22-18(16-10-17(23-20-16)14-6-7-14)19-15-8-9-21(12-15)11-13-4-2-1-3-5-13/h1-5,10,14-15H,6-9,11-12H2,(H,19,22). The lowest BCUT2D eigenvalue weighted by Gasteiger charge is -2.16. The van der Waals surface area contributed by atoms with Gasteiger partial charge in [-0.1, -0.05) is 35.5 Å². The van der Waals surface area contributed by atoms with E-state index in [9.17, 15) is 4.79 Å². The number of hydrogen-bond donors (Lipinski definition) is 1. The van der Waals surface area contributed by atoms with E-state index in [4.69, 9.17) is 4.52 Å². The van der Waals surface area contributed by atoms with Crippen LogP contribution in [0.4, 0.5) is 0 Å². The summed E-state index contributed by atoms with van der Waals surface area (Å²) in [6.45, 7) is 2.82. The molecule has 1 aromatic carbocycles. The molecule has 1 saturated carbocycles. The number of amides is 1. The fourth-order valence-corrected chi connectivity index (χ4v) is 3.15. The van der Waals surface area contributed by atoms with Crippen molar-refractivity contribution in [2.75, 3.05) is 13.1 Å². The number of carbonyl (C=O) groups excluding carboxylic acids is 1. The van der Waals surface area contributed by atoms with Gasteiger partial charge in [0.25, 0.3) is 5.91 Å². The van der Waals surface area contributed by atoms with Gasteiger partial charge in [-0.05, 0) is 24.8 Å². The molecule has 1 unspecified atom stereocenters. The largest absolute Gasteiger partial charge is 0.360 e. The predicted octanol–water partition coefficient (Wildman–Crippen LogP) is 2.56. The van der Waals surface area contributed by atoms with Crippen molar-refractivity contribution in [2.45, 2.75) is 37.8 Å². The Bertz CT molecular complexity index is 679. The number of aromatic nitrogens is 1. The molecule has 23 heavy (non-hydrogen) atoms. The summed E-state index contributed by atoms with van der Waals surface area (Å²) in [6.07, 6.45) is 3.27. The van der Waals surface area contributed by atoms with E-state index in [1.54, 1.807) is 6.07 Å². The Kier molecular flexibility index (Phi) is 3.87. The number of nitrogens with one attached hydrogen (secondary N) is 1. The van der Waals surface area contributed by atoms with Gasteiger partial charge in [-0.2, -0.15) is 0 Å². The van der Waals surface area contributed by atoms with Gasteiger partial charge in [0.1, 0.15) is 5.76 Å². The Morgan fingerprint density at radius 2 is 2.09 bits per heavy atom. The second kappa shape index (κ2) is 6.16. The summed E-state index contributed by atoms with van der Waals surface area (Å²) in [5, 5.41) is 6.99. The number of nitrogens with zero attached hydrogens (tertiary/aromatic N) is 2. The summed E-state index contributed by atoms with van der Waals surface area (Å²) >= 11 is 0. The highest BCUT2D eigenvalue weighted by atomic mass is 16.5. The quantitative estimate of drug-likeness (QED) is 0.922. The molecular formula is C18H21N3O2.